The van der Waals surface area contributed by atoms with Crippen molar-refractivity contribution in [1.82, 2.24) is 5.32 Å². The van der Waals surface area contributed by atoms with Crippen LogP contribution in [0.1, 0.15) is 34.3 Å². The third-order valence-corrected chi connectivity index (χ3v) is 3.60. The number of carbonyl (C=O) groups excluding carboxylic acids is 2. The van der Waals surface area contributed by atoms with Crippen molar-refractivity contribution < 1.29 is 14.0 Å². The van der Waals surface area contributed by atoms with Gasteiger partial charge in [-0.1, -0.05) is 37.3 Å². The lowest BCUT2D eigenvalue weighted by atomic mass is 10.1. The largest absolute Gasteiger partial charge is 0.451 e. The molecule has 1 heterocycles. The van der Waals surface area contributed by atoms with Gasteiger partial charge in [0.15, 0.2) is 5.76 Å². The first-order chi connectivity index (χ1) is 11.7. The van der Waals surface area contributed by atoms with Crippen LogP contribution in [-0.2, 0) is 0 Å². The van der Waals surface area contributed by atoms with Gasteiger partial charge in [0.05, 0.1) is 11.3 Å². The summed E-state index contributed by atoms with van der Waals surface area (Å²) in [5.74, 6) is -0.390. The minimum Gasteiger partial charge on any atom is -0.451 e. The van der Waals surface area contributed by atoms with Crippen molar-refractivity contribution in [1.29, 1.82) is 0 Å². The van der Waals surface area contributed by atoms with Gasteiger partial charge in [-0.3, -0.25) is 9.59 Å². The topological polar surface area (TPSA) is 71.3 Å². The number of hydrogen-bond acceptors (Lipinski definition) is 3. The maximum absolute atomic E-state index is 12.4. The molecule has 0 aliphatic heterocycles. The van der Waals surface area contributed by atoms with Crippen LogP contribution in [0.4, 0.5) is 5.69 Å². The predicted octanol–water partition coefficient (Wildman–Crippen LogP) is 3.82. The van der Waals surface area contributed by atoms with Crippen molar-refractivity contribution in [2.75, 3.05) is 11.9 Å². The Morgan fingerprint density at radius 1 is 1.00 bits per heavy atom. The monoisotopic (exact) mass is 322 g/mol. The highest BCUT2D eigenvalue weighted by Crippen LogP contribution is 2.21. The van der Waals surface area contributed by atoms with Crippen molar-refractivity contribution in [3.05, 3.63) is 65.9 Å². The van der Waals surface area contributed by atoms with Crippen molar-refractivity contribution in [2.45, 2.75) is 13.3 Å². The molecule has 0 aliphatic rings. The van der Waals surface area contributed by atoms with Crippen LogP contribution in [0, 0.1) is 0 Å². The van der Waals surface area contributed by atoms with E-state index in [9.17, 15) is 9.59 Å². The van der Waals surface area contributed by atoms with E-state index in [1.807, 2.05) is 25.1 Å². The number of benzene rings is 2. The molecule has 5 nitrogen and oxygen atoms in total. The fraction of sp³-hybridized carbons (Fsp3) is 0.158. The van der Waals surface area contributed by atoms with E-state index in [1.165, 1.54) is 0 Å². The van der Waals surface area contributed by atoms with Crippen molar-refractivity contribution in [2.24, 2.45) is 0 Å². The Morgan fingerprint density at radius 3 is 2.54 bits per heavy atom. The van der Waals surface area contributed by atoms with E-state index >= 15 is 0 Å². The van der Waals surface area contributed by atoms with Gasteiger partial charge in [0, 0.05) is 11.9 Å². The number of nitrogens with one attached hydrogen (secondary N) is 2. The number of rotatable bonds is 5. The zero-order valence-electron chi connectivity index (χ0n) is 13.3. The standard InChI is InChI=1S/C19H18N2O3/c1-2-11-20-18(22)14-8-4-5-9-15(14)21-19(23)17-12-13-7-3-6-10-16(13)24-17/h3-10,12H,2,11H2,1H3,(H,20,22)(H,21,23). The zero-order valence-corrected chi connectivity index (χ0v) is 13.3. The van der Waals surface area contributed by atoms with E-state index < -0.39 is 0 Å². The summed E-state index contributed by atoms with van der Waals surface area (Å²) in [6, 6.07) is 16.0. The molecule has 5 heteroatoms. The molecule has 3 aromatic rings. The Hall–Kier alpha value is -3.08. The highest BCUT2D eigenvalue weighted by Gasteiger charge is 2.16. The normalized spacial score (nSPS) is 10.5. The highest BCUT2D eigenvalue weighted by atomic mass is 16.3. The molecular formula is C19H18N2O3. The molecule has 1 aromatic heterocycles. The highest BCUT2D eigenvalue weighted by molar-refractivity contribution is 6.09. The molecule has 3 rings (SSSR count). The minimum atomic E-state index is -0.387. The van der Waals surface area contributed by atoms with Crippen LogP contribution in [0.2, 0.25) is 0 Å². The average Bonchev–Trinajstić information content (AvgIpc) is 3.04. The summed E-state index contributed by atoms with van der Waals surface area (Å²) in [6.45, 7) is 2.57. The maximum atomic E-state index is 12.4. The molecule has 2 N–H and O–H groups in total. The smallest absolute Gasteiger partial charge is 0.291 e. The van der Waals surface area contributed by atoms with Crippen LogP contribution in [0.3, 0.4) is 0 Å². The molecule has 0 spiro atoms. The number of fused-ring (bicyclic) bond motifs is 1. The molecule has 0 saturated carbocycles. The van der Waals surface area contributed by atoms with E-state index in [-0.39, 0.29) is 17.6 Å². The predicted molar refractivity (Wildman–Crippen MR) is 93.2 cm³/mol. The van der Waals surface area contributed by atoms with Crippen LogP contribution in [0.5, 0.6) is 0 Å². The van der Waals surface area contributed by atoms with Gasteiger partial charge in [0.25, 0.3) is 11.8 Å². The maximum Gasteiger partial charge on any atom is 0.291 e. The number of hydrogen-bond donors (Lipinski definition) is 2. The number of amides is 2. The third kappa shape index (κ3) is 3.30. The van der Waals surface area contributed by atoms with Gasteiger partial charge in [0.1, 0.15) is 5.58 Å². The molecule has 0 atom stereocenters. The molecular weight excluding hydrogens is 304 g/mol. The zero-order chi connectivity index (χ0) is 16.9. The van der Waals surface area contributed by atoms with Gasteiger partial charge in [-0.2, -0.15) is 0 Å². The number of para-hydroxylation sites is 2. The third-order valence-electron chi connectivity index (χ3n) is 3.60. The molecule has 2 aromatic carbocycles. The Labute approximate surface area is 139 Å². The molecule has 0 saturated heterocycles. The summed E-state index contributed by atoms with van der Waals surface area (Å²) in [5, 5.41) is 6.42. The first kappa shape index (κ1) is 15.8. The molecule has 0 bridgehead atoms. The molecule has 24 heavy (non-hydrogen) atoms. The van der Waals surface area contributed by atoms with Crippen LogP contribution in [0.25, 0.3) is 11.0 Å². The fourth-order valence-corrected chi connectivity index (χ4v) is 2.40. The molecule has 0 fully saturated rings. The van der Waals surface area contributed by atoms with Gasteiger partial charge in [-0.05, 0) is 30.7 Å². The lowest BCUT2D eigenvalue weighted by Crippen LogP contribution is -2.25. The van der Waals surface area contributed by atoms with Crippen molar-refractivity contribution in [3.8, 4) is 0 Å². The van der Waals surface area contributed by atoms with E-state index in [4.69, 9.17) is 4.42 Å². The summed E-state index contributed by atoms with van der Waals surface area (Å²) in [4.78, 5) is 24.6. The number of anilines is 1. The number of carbonyl (C=O) groups is 2. The first-order valence-electron chi connectivity index (χ1n) is 7.86. The molecule has 0 radical (unpaired) electrons. The molecule has 122 valence electrons. The fourth-order valence-electron chi connectivity index (χ4n) is 2.40. The van der Waals surface area contributed by atoms with Crippen LogP contribution < -0.4 is 10.6 Å². The summed E-state index contributed by atoms with van der Waals surface area (Å²) < 4.78 is 5.55. The summed E-state index contributed by atoms with van der Waals surface area (Å²) in [5.41, 5.74) is 1.53. The van der Waals surface area contributed by atoms with Crippen LogP contribution in [0.15, 0.2) is 59.0 Å². The van der Waals surface area contributed by atoms with Gasteiger partial charge >= 0.3 is 0 Å². The molecule has 0 aliphatic carbocycles. The lowest BCUT2D eigenvalue weighted by molar-refractivity contribution is 0.0954. The Kier molecular flexibility index (Phi) is 4.61. The summed E-state index contributed by atoms with van der Waals surface area (Å²) in [6.07, 6.45) is 0.846. The summed E-state index contributed by atoms with van der Waals surface area (Å²) >= 11 is 0. The lowest BCUT2D eigenvalue weighted by Gasteiger charge is -2.10. The van der Waals surface area contributed by atoms with E-state index in [2.05, 4.69) is 10.6 Å². The van der Waals surface area contributed by atoms with Gasteiger partial charge in [-0.15, -0.1) is 0 Å². The van der Waals surface area contributed by atoms with Crippen molar-refractivity contribution in [3.63, 3.8) is 0 Å². The quantitative estimate of drug-likeness (QED) is 0.750. The molecule has 2 amide bonds. The number of furan rings is 1. The SMILES string of the molecule is CCCNC(=O)c1ccccc1NC(=O)c1cc2ccccc2o1. The Balaban J connectivity index is 1.82. The second-order valence-corrected chi connectivity index (χ2v) is 5.40. The second kappa shape index (κ2) is 7.00. The van der Waals surface area contributed by atoms with Gasteiger partial charge in [-0.25, -0.2) is 0 Å². The minimum absolute atomic E-state index is 0.208. The Bertz CT molecular complexity index is 850. The average molecular weight is 322 g/mol. The van der Waals surface area contributed by atoms with E-state index in [1.54, 1.807) is 36.4 Å². The Morgan fingerprint density at radius 2 is 1.75 bits per heavy atom. The second-order valence-electron chi connectivity index (χ2n) is 5.40. The van der Waals surface area contributed by atoms with Crippen LogP contribution in [-0.4, -0.2) is 18.4 Å². The van der Waals surface area contributed by atoms with E-state index in [0.29, 0.717) is 23.4 Å². The van der Waals surface area contributed by atoms with Crippen molar-refractivity contribution >= 4 is 28.5 Å². The van der Waals surface area contributed by atoms with Gasteiger partial charge < -0.3 is 15.1 Å². The van der Waals surface area contributed by atoms with Crippen LogP contribution >= 0.6 is 0 Å². The van der Waals surface area contributed by atoms with Gasteiger partial charge in [0.2, 0.25) is 0 Å². The first-order valence-corrected chi connectivity index (χ1v) is 7.86. The van der Waals surface area contributed by atoms with E-state index in [0.717, 1.165) is 11.8 Å². The summed E-state index contributed by atoms with van der Waals surface area (Å²) in [7, 11) is 0. The molecule has 0 unspecified atom stereocenters.